The highest BCUT2D eigenvalue weighted by atomic mass is 16.5. The number of hydrogen-bond acceptors (Lipinski definition) is 3. The quantitative estimate of drug-likeness (QED) is 0.385. The summed E-state index contributed by atoms with van der Waals surface area (Å²) in [4.78, 5) is 6.30. The van der Waals surface area contributed by atoms with Crippen molar-refractivity contribution < 1.29 is 4.74 Å². The Labute approximate surface area is 87.5 Å². The number of ether oxygens (including phenoxy) is 1. The van der Waals surface area contributed by atoms with E-state index < -0.39 is 0 Å². The van der Waals surface area contributed by atoms with Gasteiger partial charge < -0.3 is 9.64 Å². The molecule has 0 radical (unpaired) electrons. The average molecular weight is 198 g/mol. The fourth-order valence-electron chi connectivity index (χ4n) is 0.858. The molecule has 0 fully saturated rings. The molecule has 0 amide bonds. The van der Waals surface area contributed by atoms with Gasteiger partial charge in [0.15, 0.2) is 5.90 Å². The van der Waals surface area contributed by atoms with E-state index in [0.29, 0.717) is 0 Å². The minimum Gasteiger partial charge on any atom is -0.481 e. The van der Waals surface area contributed by atoms with Crippen LogP contribution >= 0.6 is 0 Å². The van der Waals surface area contributed by atoms with Crippen molar-refractivity contribution in [2.75, 3.05) is 27.2 Å². The molecule has 0 aliphatic carbocycles. The monoisotopic (exact) mass is 198 g/mol. The van der Waals surface area contributed by atoms with Gasteiger partial charge in [0.05, 0.1) is 6.61 Å². The fourth-order valence-corrected chi connectivity index (χ4v) is 0.858. The molecule has 3 nitrogen and oxygen atoms in total. The Bertz CT molecular complexity index is 203. The Morgan fingerprint density at radius 3 is 2.43 bits per heavy atom. The van der Waals surface area contributed by atoms with Crippen molar-refractivity contribution in [2.45, 2.75) is 27.2 Å². The molecule has 0 heterocycles. The van der Waals surface area contributed by atoms with E-state index >= 15 is 0 Å². The molecule has 82 valence electrons. The number of nitrogens with zero attached hydrogens (tertiary/aromatic N) is 2. The molecular formula is C11H22N2O. The summed E-state index contributed by atoms with van der Waals surface area (Å²) < 4.78 is 5.42. The van der Waals surface area contributed by atoms with E-state index in [9.17, 15) is 0 Å². The molecule has 0 saturated carbocycles. The van der Waals surface area contributed by atoms with Crippen LogP contribution in [0.15, 0.2) is 16.8 Å². The van der Waals surface area contributed by atoms with Crippen molar-refractivity contribution in [3.05, 3.63) is 11.8 Å². The maximum absolute atomic E-state index is 5.42. The molecule has 3 heteroatoms. The zero-order valence-electron chi connectivity index (χ0n) is 10.0. The number of allylic oxidation sites excluding steroid dienone is 1. The first kappa shape index (κ1) is 13.2. The van der Waals surface area contributed by atoms with Crippen LogP contribution in [-0.4, -0.2) is 38.0 Å². The van der Waals surface area contributed by atoms with Gasteiger partial charge in [-0.25, -0.2) is 4.99 Å². The zero-order valence-corrected chi connectivity index (χ0v) is 10.0. The third-order valence-electron chi connectivity index (χ3n) is 1.57. The Hall–Kier alpha value is -0.830. The van der Waals surface area contributed by atoms with Crippen molar-refractivity contribution in [1.82, 2.24) is 4.90 Å². The second-order valence-electron chi connectivity index (χ2n) is 3.86. The van der Waals surface area contributed by atoms with E-state index in [4.69, 9.17) is 4.74 Å². The summed E-state index contributed by atoms with van der Waals surface area (Å²) in [7, 11) is 4.12. The van der Waals surface area contributed by atoms with E-state index in [1.807, 2.05) is 27.0 Å². The van der Waals surface area contributed by atoms with Gasteiger partial charge in [-0.2, -0.15) is 0 Å². The van der Waals surface area contributed by atoms with E-state index in [1.165, 1.54) is 5.57 Å². The summed E-state index contributed by atoms with van der Waals surface area (Å²) in [6, 6.07) is 0. The first-order chi connectivity index (χ1) is 6.52. The van der Waals surface area contributed by atoms with Gasteiger partial charge in [-0.05, 0) is 34.4 Å². The number of aliphatic imine (C=N–C) groups is 1. The molecule has 0 atom stereocenters. The highest BCUT2D eigenvalue weighted by Crippen LogP contribution is 1.92. The molecule has 0 unspecified atom stereocenters. The Balaban J connectivity index is 3.58. The molecule has 0 rings (SSSR count). The first-order valence-electron chi connectivity index (χ1n) is 4.97. The number of rotatable bonds is 5. The van der Waals surface area contributed by atoms with E-state index in [1.54, 1.807) is 0 Å². The number of hydrogen-bond donors (Lipinski definition) is 0. The largest absolute Gasteiger partial charge is 0.481 e. The molecule has 0 aliphatic heterocycles. The van der Waals surface area contributed by atoms with E-state index in [-0.39, 0.29) is 0 Å². The molecule has 0 aromatic carbocycles. The maximum Gasteiger partial charge on any atom is 0.184 e. The van der Waals surface area contributed by atoms with Crippen LogP contribution in [0.1, 0.15) is 27.2 Å². The van der Waals surface area contributed by atoms with Crippen LogP contribution < -0.4 is 0 Å². The van der Waals surface area contributed by atoms with E-state index in [0.717, 1.165) is 25.5 Å². The van der Waals surface area contributed by atoms with Crippen molar-refractivity contribution >= 4 is 5.90 Å². The summed E-state index contributed by atoms with van der Waals surface area (Å²) in [6.07, 6.45) is 2.86. The second-order valence-corrected chi connectivity index (χ2v) is 3.86. The van der Waals surface area contributed by atoms with Crippen LogP contribution in [0, 0.1) is 0 Å². The summed E-state index contributed by atoms with van der Waals surface area (Å²) in [5.41, 5.74) is 1.18. The highest BCUT2D eigenvalue weighted by Gasteiger charge is 1.92. The third-order valence-corrected chi connectivity index (χ3v) is 1.57. The molecule has 0 spiro atoms. The van der Waals surface area contributed by atoms with Gasteiger partial charge in [0.1, 0.15) is 0 Å². The summed E-state index contributed by atoms with van der Waals surface area (Å²) in [6.45, 7) is 7.71. The maximum atomic E-state index is 5.42. The van der Waals surface area contributed by atoms with Gasteiger partial charge >= 0.3 is 0 Å². The minimum atomic E-state index is 0.740. The van der Waals surface area contributed by atoms with Crippen LogP contribution in [0.4, 0.5) is 0 Å². The van der Waals surface area contributed by atoms with Crippen molar-refractivity contribution in [1.29, 1.82) is 0 Å². The SMILES string of the molecule is CC(C)=CN=C(C)OCCCN(C)C. The zero-order chi connectivity index (χ0) is 11.0. The summed E-state index contributed by atoms with van der Waals surface area (Å²) in [5.74, 6) is 0.741. The highest BCUT2D eigenvalue weighted by molar-refractivity contribution is 5.73. The second kappa shape index (κ2) is 7.56. The Morgan fingerprint density at radius 2 is 1.93 bits per heavy atom. The van der Waals surface area contributed by atoms with Crippen molar-refractivity contribution in [3.8, 4) is 0 Å². The molecule has 0 saturated heterocycles. The standard InChI is InChI=1S/C11H22N2O/c1-10(2)9-12-11(3)14-8-6-7-13(4)5/h9H,6-8H2,1-5H3. The van der Waals surface area contributed by atoms with Crippen LogP contribution in [-0.2, 0) is 4.74 Å². The summed E-state index contributed by atoms with van der Waals surface area (Å²) >= 11 is 0. The van der Waals surface area contributed by atoms with Gasteiger partial charge in [-0.15, -0.1) is 0 Å². The Kier molecular flexibility index (Phi) is 7.11. The minimum absolute atomic E-state index is 0.740. The lowest BCUT2D eigenvalue weighted by Gasteiger charge is -2.09. The molecule has 0 aromatic rings. The van der Waals surface area contributed by atoms with Crippen LogP contribution in [0.25, 0.3) is 0 Å². The topological polar surface area (TPSA) is 24.8 Å². The third kappa shape index (κ3) is 9.26. The molecule has 0 aliphatic rings. The van der Waals surface area contributed by atoms with Gasteiger partial charge in [0.25, 0.3) is 0 Å². The van der Waals surface area contributed by atoms with Crippen LogP contribution in [0.3, 0.4) is 0 Å². The molecule has 0 bridgehead atoms. The lowest BCUT2D eigenvalue weighted by atomic mass is 10.4. The van der Waals surface area contributed by atoms with Gasteiger partial charge in [-0.3, -0.25) is 0 Å². The predicted octanol–water partition coefficient (Wildman–Crippen LogP) is 2.30. The first-order valence-corrected chi connectivity index (χ1v) is 4.97. The lowest BCUT2D eigenvalue weighted by Crippen LogP contribution is -2.15. The van der Waals surface area contributed by atoms with Gasteiger partial charge in [0, 0.05) is 19.7 Å². The smallest absolute Gasteiger partial charge is 0.184 e. The van der Waals surface area contributed by atoms with Crippen molar-refractivity contribution in [2.24, 2.45) is 4.99 Å². The van der Waals surface area contributed by atoms with Gasteiger partial charge in [-0.1, -0.05) is 5.57 Å². The van der Waals surface area contributed by atoms with E-state index in [2.05, 4.69) is 24.0 Å². The van der Waals surface area contributed by atoms with Crippen LogP contribution in [0.2, 0.25) is 0 Å². The van der Waals surface area contributed by atoms with Crippen LogP contribution in [0.5, 0.6) is 0 Å². The molecular weight excluding hydrogens is 176 g/mol. The predicted molar refractivity (Wildman–Crippen MR) is 61.7 cm³/mol. The lowest BCUT2D eigenvalue weighted by molar-refractivity contribution is 0.269. The fraction of sp³-hybridized carbons (Fsp3) is 0.727. The average Bonchev–Trinajstić information content (AvgIpc) is 2.08. The normalized spacial score (nSPS) is 11.7. The van der Waals surface area contributed by atoms with Crippen molar-refractivity contribution in [3.63, 3.8) is 0 Å². The molecule has 14 heavy (non-hydrogen) atoms. The molecule has 0 aromatic heterocycles. The Morgan fingerprint density at radius 1 is 1.29 bits per heavy atom. The molecule has 0 N–H and O–H groups in total. The summed E-state index contributed by atoms with van der Waals surface area (Å²) in [5, 5.41) is 0. The van der Waals surface area contributed by atoms with Gasteiger partial charge in [0.2, 0.25) is 0 Å².